The van der Waals surface area contributed by atoms with Crippen molar-refractivity contribution in [1.82, 2.24) is 19.9 Å². The van der Waals surface area contributed by atoms with Crippen LogP contribution in [0.5, 0.6) is 0 Å². The molecule has 7 nitrogen and oxygen atoms in total. The number of nitrogens with zero attached hydrogens (tertiary/aromatic N) is 3. The fourth-order valence-corrected chi connectivity index (χ4v) is 5.24. The molecule has 39 heavy (non-hydrogen) atoms. The third kappa shape index (κ3) is 5.16. The van der Waals surface area contributed by atoms with Gasteiger partial charge in [0.25, 0.3) is 5.56 Å². The van der Waals surface area contributed by atoms with Crippen LogP contribution in [0.3, 0.4) is 0 Å². The molecule has 0 saturated carbocycles. The van der Waals surface area contributed by atoms with Crippen LogP contribution in [-0.4, -0.2) is 34.2 Å². The molecular formula is C31H28ClN5O2. The van der Waals surface area contributed by atoms with E-state index in [9.17, 15) is 4.79 Å². The predicted molar refractivity (Wildman–Crippen MR) is 157 cm³/mol. The van der Waals surface area contributed by atoms with E-state index >= 15 is 0 Å². The molecule has 1 aliphatic heterocycles. The van der Waals surface area contributed by atoms with Gasteiger partial charge in [0.2, 0.25) is 0 Å². The van der Waals surface area contributed by atoms with E-state index in [2.05, 4.69) is 27.8 Å². The molecule has 6 rings (SSSR count). The average Bonchev–Trinajstić information content (AvgIpc) is 2.98. The second kappa shape index (κ2) is 11.0. The number of hydrogen-bond acceptors (Lipinski definition) is 6. The average molecular weight is 538 g/mol. The zero-order chi connectivity index (χ0) is 26.8. The highest BCUT2D eigenvalue weighted by molar-refractivity contribution is 6.33. The Labute approximate surface area is 231 Å². The number of anilines is 2. The van der Waals surface area contributed by atoms with Gasteiger partial charge < -0.3 is 15.4 Å². The number of hydrogen-bond donors (Lipinski definition) is 2. The molecule has 5 aromatic rings. The second-order valence-corrected chi connectivity index (χ2v) is 9.87. The summed E-state index contributed by atoms with van der Waals surface area (Å²) in [5, 5.41) is 8.10. The molecule has 4 heterocycles. The lowest BCUT2D eigenvalue weighted by Gasteiger charge is -2.24. The number of fused-ring (bicyclic) bond motifs is 1. The number of rotatable bonds is 6. The van der Waals surface area contributed by atoms with Gasteiger partial charge in [0.1, 0.15) is 11.5 Å². The number of halogens is 1. The van der Waals surface area contributed by atoms with Crippen LogP contribution in [0.15, 0.2) is 90.0 Å². The second-order valence-electron chi connectivity index (χ2n) is 9.46. The fourth-order valence-electron chi connectivity index (χ4n) is 4.96. The van der Waals surface area contributed by atoms with E-state index in [1.165, 1.54) is 0 Å². The summed E-state index contributed by atoms with van der Waals surface area (Å²) in [6.45, 7) is 4.85. The summed E-state index contributed by atoms with van der Waals surface area (Å²) in [6, 6.07) is 23.6. The van der Waals surface area contributed by atoms with Crippen molar-refractivity contribution < 1.29 is 4.74 Å². The molecule has 0 amide bonds. The Bertz CT molecular complexity index is 1680. The minimum Gasteiger partial charge on any atom is -0.371 e. The third-order valence-electron chi connectivity index (χ3n) is 6.99. The topological polar surface area (TPSA) is 81.1 Å². The molecule has 2 N–H and O–H groups in total. The van der Waals surface area contributed by atoms with Crippen LogP contribution in [-0.2, 0) is 11.3 Å². The van der Waals surface area contributed by atoms with Crippen LogP contribution in [0.1, 0.15) is 18.6 Å². The number of nitrogens with one attached hydrogen (secondary N) is 2. The SMILES string of the molecule is CCn1c(=O)c(-c2ccc(-c3cccnc3)cc2Cl)cc2ccc(Nc3ccc(C4CNCCO4)cc3)nc21. The van der Waals surface area contributed by atoms with Crippen molar-refractivity contribution in [1.29, 1.82) is 0 Å². The monoisotopic (exact) mass is 537 g/mol. The molecule has 1 fully saturated rings. The van der Waals surface area contributed by atoms with Gasteiger partial charge in [0, 0.05) is 64.8 Å². The minimum absolute atomic E-state index is 0.0693. The van der Waals surface area contributed by atoms with Gasteiger partial charge in [-0.3, -0.25) is 14.3 Å². The van der Waals surface area contributed by atoms with Gasteiger partial charge in [-0.15, -0.1) is 0 Å². The Hall–Kier alpha value is -4.04. The zero-order valence-corrected chi connectivity index (χ0v) is 22.3. The molecule has 196 valence electrons. The normalized spacial score (nSPS) is 15.4. The molecule has 1 aliphatic rings. The molecule has 1 saturated heterocycles. The Balaban J connectivity index is 1.30. The molecule has 0 spiro atoms. The summed E-state index contributed by atoms with van der Waals surface area (Å²) in [5.41, 5.74) is 5.70. The van der Waals surface area contributed by atoms with E-state index in [4.69, 9.17) is 21.3 Å². The molecule has 1 atom stereocenters. The lowest BCUT2D eigenvalue weighted by Crippen LogP contribution is -2.33. The van der Waals surface area contributed by atoms with Gasteiger partial charge in [0.15, 0.2) is 0 Å². The molecule has 3 aromatic heterocycles. The van der Waals surface area contributed by atoms with Crippen LogP contribution < -0.4 is 16.2 Å². The van der Waals surface area contributed by atoms with E-state index < -0.39 is 0 Å². The minimum atomic E-state index is -0.129. The van der Waals surface area contributed by atoms with Gasteiger partial charge in [0.05, 0.1) is 12.7 Å². The molecule has 0 radical (unpaired) electrons. The van der Waals surface area contributed by atoms with Crippen LogP contribution >= 0.6 is 11.6 Å². The number of morpholine rings is 1. The third-order valence-corrected chi connectivity index (χ3v) is 7.30. The van der Waals surface area contributed by atoms with E-state index in [1.54, 1.807) is 17.0 Å². The standard InChI is InChI=1S/C31H28ClN5O2/c1-2-37-30-22(8-12-29(36-30)35-24-9-5-20(6-10-24)28-19-34-14-15-39-28)16-26(31(37)38)25-11-7-21(17-27(25)32)23-4-3-13-33-18-23/h3-13,16-18,28,34H,2,14-15,19H2,1H3,(H,35,36). The van der Waals surface area contributed by atoms with Crippen molar-refractivity contribution in [2.24, 2.45) is 0 Å². The number of benzene rings is 2. The maximum absolute atomic E-state index is 13.6. The van der Waals surface area contributed by atoms with Gasteiger partial charge in [-0.25, -0.2) is 4.98 Å². The molecule has 0 bridgehead atoms. The van der Waals surface area contributed by atoms with E-state index in [1.807, 2.05) is 67.6 Å². The van der Waals surface area contributed by atoms with Crippen LogP contribution in [0.2, 0.25) is 5.02 Å². The van der Waals surface area contributed by atoms with Crippen molar-refractivity contribution in [3.63, 3.8) is 0 Å². The van der Waals surface area contributed by atoms with Gasteiger partial charge in [-0.05, 0) is 60.5 Å². The van der Waals surface area contributed by atoms with E-state index in [-0.39, 0.29) is 11.7 Å². The summed E-state index contributed by atoms with van der Waals surface area (Å²) in [5.74, 6) is 0.666. The van der Waals surface area contributed by atoms with Gasteiger partial charge in [-0.1, -0.05) is 41.9 Å². The zero-order valence-electron chi connectivity index (χ0n) is 21.5. The first-order valence-corrected chi connectivity index (χ1v) is 13.4. The Morgan fingerprint density at radius 3 is 2.64 bits per heavy atom. The highest BCUT2D eigenvalue weighted by Gasteiger charge is 2.17. The molecule has 0 aliphatic carbocycles. The van der Waals surface area contributed by atoms with Crippen LogP contribution in [0, 0.1) is 0 Å². The Morgan fingerprint density at radius 1 is 1.05 bits per heavy atom. The fraction of sp³-hybridized carbons (Fsp3) is 0.194. The van der Waals surface area contributed by atoms with Crippen molar-refractivity contribution in [2.45, 2.75) is 19.6 Å². The summed E-state index contributed by atoms with van der Waals surface area (Å²) >= 11 is 6.70. The summed E-state index contributed by atoms with van der Waals surface area (Å²) in [4.78, 5) is 22.6. The number of ether oxygens (including phenoxy) is 1. The summed E-state index contributed by atoms with van der Waals surface area (Å²) in [7, 11) is 0. The summed E-state index contributed by atoms with van der Waals surface area (Å²) < 4.78 is 7.54. The highest BCUT2D eigenvalue weighted by atomic mass is 35.5. The van der Waals surface area contributed by atoms with Crippen molar-refractivity contribution >= 4 is 34.1 Å². The van der Waals surface area contributed by atoms with Crippen molar-refractivity contribution in [3.8, 4) is 22.3 Å². The first-order valence-electron chi connectivity index (χ1n) is 13.0. The van der Waals surface area contributed by atoms with Crippen LogP contribution in [0.4, 0.5) is 11.5 Å². The molecule has 1 unspecified atom stereocenters. The predicted octanol–water partition coefficient (Wildman–Crippen LogP) is 6.20. The molecule has 8 heteroatoms. The highest BCUT2D eigenvalue weighted by Crippen LogP contribution is 2.32. The largest absolute Gasteiger partial charge is 0.371 e. The first-order chi connectivity index (χ1) is 19.1. The smallest absolute Gasteiger partial charge is 0.260 e. The first kappa shape index (κ1) is 25.2. The van der Waals surface area contributed by atoms with Crippen molar-refractivity contribution in [2.75, 3.05) is 25.0 Å². The van der Waals surface area contributed by atoms with Crippen molar-refractivity contribution in [3.05, 3.63) is 106 Å². The molecule has 2 aromatic carbocycles. The quantitative estimate of drug-likeness (QED) is 0.268. The molecular weight excluding hydrogens is 510 g/mol. The maximum Gasteiger partial charge on any atom is 0.260 e. The maximum atomic E-state index is 13.6. The Morgan fingerprint density at radius 2 is 1.92 bits per heavy atom. The van der Waals surface area contributed by atoms with Gasteiger partial charge >= 0.3 is 0 Å². The lowest BCUT2D eigenvalue weighted by molar-refractivity contribution is 0.0277. The summed E-state index contributed by atoms with van der Waals surface area (Å²) in [6.07, 6.45) is 3.59. The van der Waals surface area contributed by atoms with E-state index in [0.29, 0.717) is 34.2 Å². The Kier molecular flexibility index (Phi) is 7.11. The van der Waals surface area contributed by atoms with E-state index in [0.717, 1.165) is 47.5 Å². The van der Waals surface area contributed by atoms with Crippen LogP contribution in [0.25, 0.3) is 33.3 Å². The number of aromatic nitrogens is 3. The lowest BCUT2D eigenvalue weighted by atomic mass is 10.0. The number of pyridine rings is 3. The van der Waals surface area contributed by atoms with Gasteiger partial charge in [-0.2, -0.15) is 0 Å². The number of aryl methyl sites for hydroxylation is 1.